The first-order valence-electron chi connectivity index (χ1n) is 5.91. The summed E-state index contributed by atoms with van der Waals surface area (Å²) < 4.78 is 40.7. The zero-order chi connectivity index (χ0) is 16.5. The first kappa shape index (κ1) is 16.1. The molecule has 2 rings (SSSR count). The van der Waals surface area contributed by atoms with Gasteiger partial charge in [0.1, 0.15) is 17.4 Å². The molecule has 1 N–H and O–H groups in total. The molecule has 0 amide bonds. The number of nitrogens with one attached hydrogen (secondary N) is 1. The van der Waals surface area contributed by atoms with Gasteiger partial charge in [-0.2, -0.15) is 5.26 Å². The highest BCUT2D eigenvalue weighted by molar-refractivity contribution is 9.10. The summed E-state index contributed by atoms with van der Waals surface area (Å²) in [6.07, 6.45) is -4.79. The predicted octanol–water partition coefficient (Wildman–Crippen LogP) is 3.88. The Labute approximate surface area is 131 Å². The number of hydrogen-bond acceptors (Lipinski definition) is 3. The molecular formula is C14H8BrF3N2O2. The zero-order valence-electron chi connectivity index (χ0n) is 11.1. The summed E-state index contributed by atoms with van der Waals surface area (Å²) in [6.45, 7) is 1.64. The average molecular weight is 373 g/mol. The number of nitriles is 1. The van der Waals surface area contributed by atoms with E-state index >= 15 is 0 Å². The molecule has 2 aromatic rings. The number of aryl methyl sites for hydroxylation is 1. The third-order valence-electron chi connectivity index (χ3n) is 2.74. The Bertz CT molecular complexity index is 822. The lowest BCUT2D eigenvalue weighted by atomic mass is 10.0. The number of halogens is 4. The van der Waals surface area contributed by atoms with Crippen LogP contribution in [0.25, 0.3) is 11.1 Å². The van der Waals surface area contributed by atoms with Crippen molar-refractivity contribution in [3.63, 3.8) is 0 Å². The molecule has 0 spiro atoms. The topological polar surface area (TPSA) is 65.9 Å². The molecule has 0 saturated carbocycles. The molecule has 1 aromatic carbocycles. The standard InChI is InChI=1S/C14H8BrF3N2O2/c1-7-4-10(11(6-19)13(21)20-7)9-3-2-8(5-12(9)15)22-14(16,17)18/h2-5H,1H3,(H,20,21). The second-order valence-electron chi connectivity index (χ2n) is 4.37. The molecule has 4 nitrogen and oxygen atoms in total. The first-order valence-corrected chi connectivity index (χ1v) is 6.70. The second kappa shape index (κ2) is 5.85. The summed E-state index contributed by atoms with van der Waals surface area (Å²) in [7, 11) is 0. The number of ether oxygens (including phenoxy) is 1. The number of benzene rings is 1. The van der Waals surface area contributed by atoms with Crippen LogP contribution in [0.5, 0.6) is 5.75 Å². The van der Waals surface area contributed by atoms with Gasteiger partial charge in [-0.3, -0.25) is 4.79 Å². The summed E-state index contributed by atoms with van der Waals surface area (Å²) in [5, 5.41) is 9.09. The van der Waals surface area contributed by atoms with Crippen LogP contribution in [-0.4, -0.2) is 11.3 Å². The van der Waals surface area contributed by atoms with Crippen LogP contribution >= 0.6 is 15.9 Å². The fraction of sp³-hybridized carbons (Fsp3) is 0.143. The third kappa shape index (κ3) is 3.49. The third-order valence-corrected chi connectivity index (χ3v) is 3.40. The van der Waals surface area contributed by atoms with Gasteiger partial charge in [-0.15, -0.1) is 13.2 Å². The van der Waals surface area contributed by atoms with Crippen molar-refractivity contribution in [2.75, 3.05) is 0 Å². The molecule has 8 heteroatoms. The summed E-state index contributed by atoms with van der Waals surface area (Å²) in [5.74, 6) is -0.400. The molecule has 0 saturated heterocycles. The Morgan fingerprint density at radius 3 is 2.50 bits per heavy atom. The molecule has 0 fully saturated rings. The van der Waals surface area contributed by atoms with Gasteiger partial charge >= 0.3 is 6.36 Å². The molecule has 0 bridgehead atoms. The van der Waals surface area contributed by atoms with Gasteiger partial charge in [0.2, 0.25) is 0 Å². The van der Waals surface area contributed by atoms with E-state index in [0.29, 0.717) is 16.8 Å². The minimum absolute atomic E-state index is 0.115. The highest BCUT2D eigenvalue weighted by Crippen LogP contribution is 2.34. The minimum Gasteiger partial charge on any atom is -0.406 e. The van der Waals surface area contributed by atoms with Gasteiger partial charge in [0.05, 0.1) is 0 Å². The van der Waals surface area contributed by atoms with E-state index in [1.54, 1.807) is 19.1 Å². The fourth-order valence-corrected chi connectivity index (χ4v) is 2.49. The fourth-order valence-electron chi connectivity index (χ4n) is 1.92. The lowest BCUT2D eigenvalue weighted by Crippen LogP contribution is -2.17. The second-order valence-corrected chi connectivity index (χ2v) is 5.23. The van der Waals surface area contributed by atoms with E-state index < -0.39 is 17.7 Å². The number of aromatic amines is 1. The Hall–Kier alpha value is -2.27. The molecule has 0 unspecified atom stereocenters. The average Bonchev–Trinajstić information content (AvgIpc) is 2.36. The van der Waals surface area contributed by atoms with Gasteiger partial charge < -0.3 is 9.72 Å². The number of rotatable bonds is 2. The van der Waals surface area contributed by atoms with Crippen molar-refractivity contribution >= 4 is 15.9 Å². The van der Waals surface area contributed by atoms with Crippen LogP contribution in [0.2, 0.25) is 0 Å². The smallest absolute Gasteiger partial charge is 0.406 e. The van der Waals surface area contributed by atoms with Crippen molar-refractivity contribution in [2.24, 2.45) is 0 Å². The Balaban J connectivity index is 2.56. The first-order chi connectivity index (χ1) is 10.2. The summed E-state index contributed by atoms with van der Waals surface area (Å²) >= 11 is 3.13. The maximum absolute atomic E-state index is 12.2. The van der Waals surface area contributed by atoms with Crippen molar-refractivity contribution < 1.29 is 17.9 Å². The molecule has 1 heterocycles. The van der Waals surface area contributed by atoms with Crippen LogP contribution in [0, 0.1) is 18.3 Å². The summed E-state index contributed by atoms with van der Waals surface area (Å²) in [5.41, 5.74) is 0.604. The quantitative estimate of drug-likeness (QED) is 0.869. The van der Waals surface area contributed by atoms with Crippen LogP contribution in [0.15, 0.2) is 33.5 Å². The summed E-state index contributed by atoms with van der Waals surface area (Å²) in [4.78, 5) is 14.3. The van der Waals surface area contributed by atoms with Gasteiger partial charge in [0.25, 0.3) is 5.56 Å². The van der Waals surface area contributed by atoms with Gasteiger partial charge in [-0.05, 0) is 36.8 Å². The van der Waals surface area contributed by atoms with Crippen molar-refractivity contribution in [1.82, 2.24) is 4.98 Å². The number of pyridine rings is 1. The van der Waals surface area contributed by atoms with Crippen LogP contribution in [0.1, 0.15) is 11.3 Å². The van der Waals surface area contributed by atoms with Crippen LogP contribution in [-0.2, 0) is 0 Å². The summed E-state index contributed by atoms with van der Waals surface area (Å²) in [6, 6.07) is 6.96. The molecule has 0 aliphatic rings. The number of nitrogens with zero attached hydrogens (tertiary/aromatic N) is 1. The van der Waals surface area contributed by atoms with Gasteiger partial charge in [-0.25, -0.2) is 0 Å². The molecule has 22 heavy (non-hydrogen) atoms. The number of alkyl halides is 3. The van der Waals surface area contributed by atoms with E-state index in [-0.39, 0.29) is 10.0 Å². The SMILES string of the molecule is Cc1cc(-c2ccc(OC(F)(F)F)cc2Br)c(C#N)c(=O)[nH]1. The molecule has 114 valence electrons. The van der Waals surface area contributed by atoms with Crippen LogP contribution in [0.3, 0.4) is 0 Å². The molecule has 0 aliphatic carbocycles. The molecular weight excluding hydrogens is 365 g/mol. The normalized spacial score (nSPS) is 11.1. The Morgan fingerprint density at radius 1 is 1.27 bits per heavy atom. The van der Waals surface area contributed by atoms with Crippen molar-refractivity contribution in [1.29, 1.82) is 5.26 Å². The number of hydrogen-bond donors (Lipinski definition) is 1. The van der Waals surface area contributed by atoms with Crippen molar-refractivity contribution in [3.05, 3.63) is 50.3 Å². The molecule has 0 radical (unpaired) electrons. The highest BCUT2D eigenvalue weighted by atomic mass is 79.9. The van der Waals surface area contributed by atoms with E-state index in [4.69, 9.17) is 5.26 Å². The van der Waals surface area contributed by atoms with E-state index in [1.807, 2.05) is 0 Å². The maximum Gasteiger partial charge on any atom is 0.573 e. The zero-order valence-corrected chi connectivity index (χ0v) is 12.7. The monoisotopic (exact) mass is 372 g/mol. The van der Waals surface area contributed by atoms with E-state index in [1.165, 1.54) is 6.07 Å². The van der Waals surface area contributed by atoms with Crippen LogP contribution < -0.4 is 10.3 Å². The van der Waals surface area contributed by atoms with Gasteiger partial charge in [-0.1, -0.05) is 15.9 Å². The van der Waals surface area contributed by atoms with E-state index in [9.17, 15) is 18.0 Å². The minimum atomic E-state index is -4.79. The van der Waals surface area contributed by atoms with E-state index in [2.05, 4.69) is 25.7 Å². The Morgan fingerprint density at radius 2 is 1.95 bits per heavy atom. The van der Waals surface area contributed by atoms with E-state index in [0.717, 1.165) is 12.1 Å². The Kier molecular flexibility index (Phi) is 4.28. The maximum atomic E-state index is 12.2. The lowest BCUT2D eigenvalue weighted by molar-refractivity contribution is -0.274. The molecule has 0 aliphatic heterocycles. The predicted molar refractivity (Wildman–Crippen MR) is 76.3 cm³/mol. The molecule has 1 aromatic heterocycles. The number of H-pyrrole nitrogens is 1. The van der Waals surface area contributed by atoms with Crippen molar-refractivity contribution in [3.8, 4) is 22.9 Å². The lowest BCUT2D eigenvalue weighted by Gasteiger charge is -2.12. The van der Waals surface area contributed by atoms with Gasteiger partial charge in [0.15, 0.2) is 0 Å². The van der Waals surface area contributed by atoms with Gasteiger partial charge in [0, 0.05) is 15.7 Å². The largest absolute Gasteiger partial charge is 0.573 e. The van der Waals surface area contributed by atoms with Crippen molar-refractivity contribution in [2.45, 2.75) is 13.3 Å². The molecule has 0 atom stereocenters. The number of aromatic nitrogens is 1. The highest BCUT2D eigenvalue weighted by Gasteiger charge is 2.31. The van der Waals surface area contributed by atoms with Crippen LogP contribution in [0.4, 0.5) is 13.2 Å².